The van der Waals surface area contributed by atoms with Gasteiger partial charge in [-0.2, -0.15) is 0 Å². The number of nitrogens with one attached hydrogen (secondary N) is 2. The van der Waals surface area contributed by atoms with Gasteiger partial charge in [-0.15, -0.1) is 0 Å². The number of hydrogen-bond acceptors (Lipinski definition) is 5. The van der Waals surface area contributed by atoms with Crippen molar-refractivity contribution in [2.24, 2.45) is 10.9 Å². The molecule has 0 radical (unpaired) electrons. The molecule has 1 aliphatic heterocycles. The average Bonchev–Trinajstić information content (AvgIpc) is 2.74. The molecule has 0 aliphatic carbocycles. The van der Waals surface area contributed by atoms with E-state index in [1.165, 1.54) is 7.11 Å². The minimum absolute atomic E-state index is 0.325. The third-order valence-corrected chi connectivity index (χ3v) is 4.95. The average molecular weight is 405 g/mol. The van der Waals surface area contributed by atoms with Gasteiger partial charge < -0.3 is 20.1 Å². The number of rotatable bonds is 9. The second-order valence-electron chi connectivity index (χ2n) is 7.70. The summed E-state index contributed by atoms with van der Waals surface area (Å²) in [6, 6.07) is 7.83. The molecule has 7 nitrogen and oxygen atoms in total. The SMILES string of the molecule is CCNC(=NCc1ccc(C(=O)OC)cc1)NCC(CC(C)C)N1CCOCC1. The van der Waals surface area contributed by atoms with Crippen LogP contribution < -0.4 is 10.6 Å². The van der Waals surface area contributed by atoms with Crippen molar-refractivity contribution in [2.75, 3.05) is 46.5 Å². The first-order valence-electron chi connectivity index (χ1n) is 10.5. The van der Waals surface area contributed by atoms with Crippen molar-refractivity contribution in [1.29, 1.82) is 0 Å². The zero-order valence-electron chi connectivity index (χ0n) is 18.2. The van der Waals surface area contributed by atoms with E-state index in [0.717, 1.165) is 57.3 Å². The topological polar surface area (TPSA) is 75.2 Å². The second-order valence-corrected chi connectivity index (χ2v) is 7.70. The van der Waals surface area contributed by atoms with Crippen molar-refractivity contribution in [2.45, 2.75) is 39.8 Å². The van der Waals surface area contributed by atoms with Crippen LogP contribution in [-0.2, 0) is 16.0 Å². The number of morpholine rings is 1. The first kappa shape index (κ1) is 23.2. The summed E-state index contributed by atoms with van der Waals surface area (Å²) in [6.45, 7) is 12.4. The Morgan fingerprint density at radius 3 is 2.48 bits per heavy atom. The molecule has 29 heavy (non-hydrogen) atoms. The number of ether oxygens (including phenoxy) is 2. The Labute approximate surface area is 174 Å². The summed E-state index contributed by atoms with van der Waals surface area (Å²) in [4.78, 5) is 18.8. The van der Waals surface area contributed by atoms with Crippen LogP contribution in [0.2, 0.25) is 0 Å². The normalized spacial score (nSPS) is 16.5. The van der Waals surface area contributed by atoms with Crippen molar-refractivity contribution < 1.29 is 14.3 Å². The van der Waals surface area contributed by atoms with Crippen LogP contribution in [0, 0.1) is 5.92 Å². The summed E-state index contributed by atoms with van der Waals surface area (Å²) >= 11 is 0. The molecule has 1 fully saturated rings. The molecule has 0 saturated carbocycles. The lowest BCUT2D eigenvalue weighted by atomic mass is 10.0. The highest BCUT2D eigenvalue weighted by atomic mass is 16.5. The Balaban J connectivity index is 1.96. The van der Waals surface area contributed by atoms with Gasteiger partial charge in [0.1, 0.15) is 0 Å². The van der Waals surface area contributed by atoms with E-state index in [2.05, 4.69) is 36.3 Å². The number of aliphatic imine (C=N–C) groups is 1. The number of nitrogens with zero attached hydrogens (tertiary/aromatic N) is 2. The lowest BCUT2D eigenvalue weighted by Crippen LogP contribution is -2.51. The van der Waals surface area contributed by atoms with Gasteiger partial charge in [-0.1, -0.05) is 26.0 Å². The number of esters is 1. The van der Waals surface area contributed by atoms with E-state index in [1.807, 2.05) is 12.1 Å². The van der Waals surface area contributed by atoms with Crippen LogP contribution in [0.5, 0.6) is 0 Å². The molecule has 1 atom stereocenters. The van der Waals surface area contributed by atoms with Gasteiger partial charge in [0.2, 0.25) is 0 Å². The maximum Gasteiger partial charge on any atom is 0.337 e. The number of carbonyl (C=O) groups excluding carboxylic acids is 1. The lowest BCUT2D eigenvalue weighted by molar-refractivity contribution is 0.0132. The zero-order chi connectivity index (χ0) is 21.1. The van der Waals surface area contributed by atoms with Gasteiger partial charge in [-0.3, -0.25) is 4.90 Å². The highest BCUT2D eigenvalue weighted by Gasteiger charge is 2.22. The van der Waals surface area contributed by atoms with Crippen LogP contribution in [-0.4, -0.2) is 69.4 Å². The van der Waals surface area contributed by atoms with E-state index in [0.29, 0.717) is 24.1 Å². The van der Waals surface area contributed by atoms with Crippen LogP contribution in [0.4, 0.5) is 0 Å². The molecule has 0 bridgehead atoms. The molecule has 2 N–H and O–H groups in total. The summed E-state index contributed by atoms with van der Waals surface area (Å²) in [5.74, 6) is 1.12. The molecule has 2 rings (SSSR count). The molecular weight excluding hydrogens is 368 g/mol. The van der Waals surface area contributed by atoms with Crippen molar-refractivity contribution in [3.63, 3.8) is 0 Å². The third-order valence-electron chi connectivity index (χ3n) is 4.95. The second kappa shape index (κ2) is 12.4. The summed E-state index contributed by atoms with van der Waals surface area (Å²) in [6.07, 6.45) is 1.14. The molecule has 1 aliphatic rings. The molecular formula is C22H36N4O3. The monoisotopic (exact) mass is 404 g/mol. The smallest absolute Gasteiger partial charge is 0.337 e. The molecule has 1 saturated heterocycles. The quantitative estimate of drug-likeness (QED) is 0.374. The minimum atomic E-state index is -0.325. The number of guanidine groups is 1. The number of carbonyl (C=O) groups is 1. The molecule has 162 valence electrons. The van der Waals surface area contributed by atoms with E-state index in [1.54, 1.807) is 12.1 Å². The van der Waals surface area contributed by atoms with E-state index in [4.69, 9.17) is 14.5 Å². The molecule has 1 unspecified atom stereocenters. The first-order chi connectivity index (χ1) is 14.0. The van der Waals surface area contributed by atoms with Gasteiger partial charge in [-0.05, 0) is 37.0 Å². The van der Waals surface area contributed by atoms with Crippen LogP contribution in [0.3, 0.4) is 0 Å². The summed E-state index contributed by atoms with van der Waals surface area (Å²) in [5, 5.41) is 6.84. The molecule has 1 aromatic rings. The Morgan fingerprint density at radius 2 is 1.90 bits per heavy atom. The van der Waals surface area contributed by atoms with Gasteiger partial charge in [-0.25, -0.2) is 9.79 Å². The number of hydrogen-bond donors (Lipinski definition) is 2. The van der Waals surface area contributed by atoms with Crippen molar-refractivity contribution >= 4 is 11.9 Å². The Bertz CT molecular complexity index is 640. The van der Waals surface area contributed by atoms with Crippen molar-refractivity contribution in [1.82, 2.24) is 15.5 Å². The predicted octanol–water partition coefficient (Wildman–Crippen LogP) is 2.28. The maximum atomic E-state index is 11.6. The highest BCUT2D eigenvalue weighted by Crippen LogP contribution is 2.13. The Kier molecular flexibility index (Phi) is 9.94. The van der Waals surface area contributed by atoms with Gasteiger partial charge in [0.05, 0.1) is 32.4 Å². The molecule has 1 heterocycles. The fraction of sp³-hybridized carbons (Fsp3) is 0.636. The Morgan fingerprint density at radius 1 is 1.21 bits per heavy atom. The third kappa shape index (κ3) is 8.03. The molecule has 1 aromatic carbocycles. The standard InChI is InChI=1S/C22H36N4O3/c1-5-23-22(24-15-18-6-8-19(9-7-18)21(27)28-4)25-16-20(14-17(2)3)26-10-12-29-13-11-26/h6-9,17,20H,5,10-16H2,1-4H3,(H2,23,24,25). The van der Waals surface area contributed by atoms with E-state index in [-0.39, 0.29) is 5.97 Å². The van der Waals surface area contributed by atoms with Crippen molar-refractivity contribution in [3.05, 3.63) is 35.4 Å². The predicted molar refractivity (Wildman–Crippen MR) is 116 cm³/mol. The van der Waals surface area contributed by atoms with Crippen molar-refractivity contribution in [3.8, 4) is 0 Å². The molecule has 0 aromatic heterocycles. The number of benzene rings is 1. The Hall–Kier alpha value is -2.12. The maximum absolute atomic E-state index is 11.6. The fourth-order valence-electron chi connectivity index (χ4n) is 3.44. The van der Waals surface area contributed by atoms with Crippen LogP contribution in [0.15, 0.2) is 29.3 Å². The molecule has 7 heteroatoms. The fourth-order valence-corrected chi connectivity index (χ4v) is 3.44. The zero-order valence-corrected chi connectivity index (χ0v) is 18.2. The summed E-state index contributed by atoms with van der Waals surface area (Å²) in [7, 11) is 1.39. The van der Waals surface area contributed by atoms with Gasteiger partial charge in [0.15, 0.2) is 5.96 Å². The van der Waals surface area contributed by atoms with E-state index >= 15 is 0 Å². The number of methoxy groups -OCH3 is 1. The highest BCUT2D eigenvalue weighted by molar-refractivity contribution is 5.89. The molecule has 0 spiro atoms. The van der Waals surface area contributed by atoms with Gasteiger partial charge in [0.25, 0.3) is 0 Å². The van der Waals surface area contributed by atoms with Crippen LogP contribution >= 0.6 is 0 Å². The summed E-state index contributed by atoms with van der Waals surface area (Å²) < 4.78 is 10.2. The van der Waals surface area contributed by atoms with Gasteiger partial charge in [0, 0.05) is 32.2 Å². The van der Waals surface area contributed by atoms with E-state index in [9.17, 15) is 4.79 Å². The van der Waals surface area contributed by atoms with E-state index < -0.39 is 0 Å². The largest absolute Gasteiger partial charge is 0.465 e. The van der Waals surface area contributed by atoms with Crippen LogP contribution in [0.25, 0.3) is 0 Å². The first-order valence-corrected chi connectivity index (χ1v) is 10.5. The van der Waals surface area contributed by atoms with Crippen LogP contribution in [0.1, 0.15) is 43.1 Å². The summed E-state index contributed by atoms with van der Waals surface area (Å²) in [5.41, 5.74) is 1.59. The minimum Gasteiger partial charge on any atom is -0.465 e. The van der Waals surface area contributed by atoms with Gasteiger partial charge >= 0.3 is 5.97 Å². The lowest BCUT2D eigenvalue weighted by Gasteiger charge is -2.35. The molecule has 0 amide bonds.